The molecule has 0 saturated carbocycles. The summed E-state index contributed by atoms with van der Waals surface area (Å²) in [6.07, 6.45) is 1.07. The Morgan fingerprint density at radius 2 is 1.42 bits per heavy atom. The molecule has 1 aliphatic rings. The smallest absolute Gasteiger partial charge is 0.203 e. The predicted molar refractivity (Wildman–Crippen MR) is 141 cm³/mol. The van der Waals surface area contributed by atoms with Crippen LogP contribution < -0.4 is 29.0 Å². The third-order valence-electron chi connectivity index (χ3n) is 6.48. The number of hydrogen-bond donors (Lipinski definition) is 1. The first-order valence-electron chi connectivity index (χ1n) is 12.3. The van der Waals surface area contributed by atoms with Crippen molar-refractivity contribution < 1.29 is 23.7 Å². The largest absolute Gasteiger partial charge is 0.493 e. The molecule has 1 fully saturated rings. The van der Waals surface area contributed by atoms with E-state index in [0.29, 0.717) is 35.4 Å². The average Bonchev–Trinajstić information content (AvgIpc) is 3.21. The third kappa shape index (κ3) is 5.86. The number of rotatable bonds is 10. The molecule has 0 spiro atoms. The van der Waals surface area contributed by atoms with Crippen molar-refractivity contribution in [1.82, 2.24) is 10.2 Å². The zero-order valence-electron chi connectivity index (χ0n) is 21.6. The van der Waals surface area contributed by atoms with E-state index in [1.54, 1.807) is 28.4 Å². The number of nitrogens with zero attached hydrogens (tertiary/aromatic N) is 1. The maximum Gasteiger partial charge on any atom is 0.203 e. The van der Waals surface area contributed by atoms with E-state index in [9.17, 15) is 0 Å². The van der Waals surface area contributed by atoms with E-state index in [1.807, 2.05) is 36.4 Å². The summed E-state index contributed by atoms with van der Waals surface area (Å²) in [5, 5.41) is 3.51. The van der Waals surface area contributed by atoms with Gasteiger partial charge in [-0.2, -0.15) is 0 Å². The number of nitrogens with one attached hydrogen (secondary N) is 1. The van der Waals surface area contributed by atoms with Gasteiger partial charge in [0.15, 0.2) is 23.0 Å². The Bertz CT molecular complexity index is 1090. The topological polar surface area (TPSA) is 61.4 Å². The van der Waals surface area contributed by atoms with Gasteiger partial charge in [0.2, 0.25) is 5.75 Å². The first kappa shape index (κ1) is 25.7. The van der Waals surface area contributed by atoms with Gasteiger partial charge < -0.3 is 29.0 Å². The van der Waals surface area contributed by atoms with E-state index >= 15 is 0 Å². The molecule has 192 valence electrons. The van der Waals surface area contributed by atoms with Crippen molar-refractivity contribution in [2.45, 2.75) is 19.1 Å². The molecule has 7 nitrogen and oxygen atoms in total. The van der Waals surface area contributed by atoms with Crippen LogP contribution in [0.5, 0.6) is 28.7 Å². The van der Waals surface area contributed by atoms with Crippen LogP contribution in [0, 0.1) is 0 Å². The lowest BCUT2D eigenvalue weighted by atomic mass is 9.95. The normalized spacial score (nSPS) is 15.0. The van der Waals surface area contributed by atoms with Crippen LogP contribution in [0.15, 0.2) is 60.7 Å². The Labute approximate surface area is 213 Å². The fourth-order valence-electron chi connectivity index (χ4n) is 4.71. The molecule has 3 aromatic rings. The van der Waals surface area contributed by atoms with E-state index in [0.717, 1.165) is 49.3 Å². The van der Waals surface area contributed by atoms with E-state index < -0.39 is 0 Å². The Morgan fingerprint density at radius 3 is 2.08 bits per heavy atom. The highest BCUT2D eigenvalue weighted by Gasteiger charge is 2.27. The van der Waals surface area contributed by atoms with Crippen LogP contribution in [0.3, 0.4) is 0 Å². The molecule has 3 aromatic carbocycles. The van der Waals surface area contributed by atoms with Gasteiger partial charge in [0.25, 0.3) is 0 Å². The molecule has 7 heteroatoms. The molecular formula is C29H36N2O5. The van der Waals surface area contributed by atoms with Crippen LogP contribution in [0.25, 0.3) is 0 Å². The van der Waals surface area contributed by atoms with Crippen molar-refractivity contribution in [3.05, 3.63) is 77.4 Å². The van der Waals surface area contributed by atoms with Gasteiger partial charge in [-0.25, -0.2) is 0 Å². The lowest BCUT2D eigenvalue weighted by Gasteiger charge is -2.32. The molecule has 1 aliphatic heterocycles. The molecule has 0 radical (unpaired) electrons. The quantitative estimate of drug-likeness (QED) is 0.441. The number of methoxy groups -OCH3 is 4. The van der Waals surface area contributed by atoms with Crippen molar-refractivity contribution in [1.29, 1.82) is 0 Å². The maximum absolute atomic E-state index is 6.12. The summed E-state index contributed by atoms with van der Waals surface area (Å²) in [5.41, 5.74) is 3.28. The summed E-state index contributed by atoms with van der Waals surface area (Å²) in [6.45, 7) is 4.29. The molecule has 1 unspecified atom stereocenters. The predicted octanol–water partition coefficient (Wildman–Crippen LogP) is 4.68. The molecule has 1 atom stereocenters. The van der Waals surface area contributed by atoms with Crippen molar-refractivity contribution in [3.8, 4) is 28.7 Å². The van der Waals surface area contributed by atoms with Crippen LogP contribution >= 0.6 is 0 Å². The van der Waals surface area contributed by atoms with E-state index in [-0.39, 0.29) is 6.04 Å². The Morgan fingerprint density at radius 1 is 0.722 bits per heavy atom. The van der Waals surface area contributed by atoms with Crippen molar-refractivity contribution in [3.63, 3.8) is 0 Å². The molecule has 1 heterocycles. The second-order valence-corrected chi connectivity index (χ2v) is 8.69. The summed E-state index contributed by atoms with van der Waals surface area (Å²) in [7, 11) is 6.59. The van der Waals surface area contributed by atoms with Gasteiger partial charge in [-0.3, -0.25) is 4.90 Å². The summed E-state index contributed by atoms with van der Waals surface area (Å²) in [6, 6.07) is 20.4. The summed E-state index contributed by atoms with van der Waals surface area (Å²) >= 11 is 0. The van der Waals surface area contributed by atoms with Gasteiger partial charge in [0, 0.05) is 19.6 Å². The van der Waals surface area contributed by atoms with Crippen LogP contribution in [0.1, 0.15) is 29.2 Å². The van der Waals surface area contributed by atoms with Crippen molar-refractivity contribution in [2.24, 2.45) is 0 Å². The van der Waals surface area contributed by atoms with E-state index in [1.165, 1.54) is 0 Å². The Balaban J connectivity index is 1.73. The Hall–Kier alpha value is -3.42. The highest BCUT2D eigenvalue weighted by atomic mass is 16.5. The highest BCUT2D eigenvalue weighted by molar-refractivity contribution is 5.56. The fraction of sp³-hybridized carbons (Fsp3) is 0.379. The van der Waals surface area contributed by atoms with Crippen LogP contribution in [-0.2, 0) is 6.61 Å². The minimum absolute atomic E-state index is 0.0318. The summed E-state index contributed by atoms with van der Waals surface area (Å²) in [5.74, 6) is 3.28. The lowest BCUT2D eigenvalue weighted by Crippen LogP contribution is -2.33. The van der Waals surface area contributed by atoms with Gasteiger partial charge in [-0.15, -0.1) is 0 Å². The zero-order chi connectivity index (χ0) is 25.3. The van der Waals surface area contributed by atoms with Gasteiger partial charge in [-0.05, 0) is 53.9 Å². The first-order chi connectivity index (χ1) is 17.7. The van der Waals surface area contributed by atoms with E-state index in [4.69, 9.17) is 23.7 Å². The average molecular weight is 493 g/mol. The Kier molecular flexibility index (Phi) is 8.92. The SMILES string of the molecule is COc1cc(C(c2cc(OC)c(OC)c(OC)c2)N2CCCNCC2)ccc1OCc1ccccc1. The maximum atomic E-state index is 6.12. The van der Waals surface area contributed by atoms with Crippen LogP contribution in [-0.4, -0.2) is 59.5 Å². The number of benzene rings is 3. The van der Waals surface area contributed by atoms with Gasteiger partial charge in [0.05, 0.1) is 34.5 Å². The first-order valence-corrected chi connectivity index (χ1v) is 12.3. The van der Waals surface area contributed by atoms with Gasteiger partial charge >= 0.3 is 0 Å². The van der Waals surface area contributed by atoms with Crippen LogP contribution in [0.4, 0.5) is 0 Å². The monoisotopic (exact) mass is 492 g/mol. The second kappa shape index (κ2) is 12.5. The molecule has 36 heavy (non-hydrogen) atoms. The van der Waals surface area contributed by atoms with Gasteiger partial charge in [-0.1, -0.05) is 36.4 Å². The van der Waals surface area contributed by atoms with Crippen molar-refractivity contribution >= 4 is 0 Å². The molecule has 0 aliphatic carbocycles. The minimum atomic E-state index is -0.0318. The zero-order valence-corrected chi connectivity index (χ0v) is 21.6. The molecule has 0 aromatic heterocycles. The standard InChI is InChI=1S/C29H36N2O5/c1-32-25-17-22(11-12-24(25)36-20-21-9-6-5-7-10-21)28(31-15-8-13-30-14-16-31)23-18-26(33-2)29(35-4)27(19-23)34-3/h5-7,9-12,17-19,28,30H,8,13-16,20H2,1-4H3. The molecule has 4 rings (SSSR count). The number of hydrogen-bond acceptors (Lipinski definition) is 7. The summed E-state index contributed by atoms with van der Waals surface area (Å²) in [4.78, 5) is 2.49. The molecule has 1 saturated heterocycles. The molecule has 1 N–H and O–H groups in total. The van der Waals surface area contributed by atoms with E-state index in [2.05, 4.69) is 34.5 Å². The molecule has 0 bridgehead atoms. The third-order valence-corrected chi connectivity index (χ3v) is 6.48. The second-order valence-electron chi connectivity index (χ2n) is 8.69. The molecule has 0 amide bonds. The van der Waals surface area contributed by atoms with Crippen LogP contribution in [0.2, 0.25) is 0 Å². The molecular weight excluding hydrogens is 456 g/mol. The lowest BCUT2D eigenvalue weighted by molar-refractivity contribution is 0.238. The summed E-state index contributed by atoms with van der Waals surface area (Å²) < 4.78 is 28.8. The van der Waals surface area contributed by atoms with Crippen molar-refractivity contribution in [2.75, 3.05) is 54.6 Å². The minimum Gasteiger partial charge on any atom is -0.493 e. The van der Waals surface area contributed by atoms with Gasteiger partial charge in [0.1, 0.15) is 6.61 Å². The number of ether oxygens (including phenoxy) is 5. The fourth-order valence-corrected chi connectivity index (χ4v) is 4.71. The highest BCUT2D eigenvalue weighted by Crippen LogP contribution is 2.43.